The largest absolute Gasteiger partial charge is 0.497 e. The number of piperazine rings is 1. The van der Waals surface area contributed by atoms with Crippen molar-refractivity contribution in [2.24, 2.45) is 5.92 Å². The highest BCUT2D eigenvalue weighted by molar-refractivity contribution is 5.89. The molecule has 2 aromatic rings. The summed E-state index contributed by atoms with van der Waals surface area (Å²) in [5.41, 5.74) is 2.41. The van der Waals surface area contributed by atoms with Crippen LogP contribution in [0.25, 0.3) is 0 Å². The Morgan fingerprint density at radius 2 is 1.62 bits per heavy atom. The van der Waals surface area contributed by atoms with E-state index in [1.54, 1.807) is 12.0 Å². The molecular formula is C27H36N4O3. The average molecular weight is 465 g/mol. The lowest BCUT2D eigenvalue weighted by Gasteiger charge is -2.34. The molecule has 0 radical (unpaired) electrons. The molecule has 7 nitrogen and oxygen atoms in total. The Morgan fingerprint density at radius 1 is 0.941 bits per heavy atom. The number of carbonyl (C=O) groups excluding carboxylic acids is 2. The molecule has 0 aliphatic carbocycles. The fourth-order valence-electron chi connectivity index (χ4n) is 4.72. The average Bonchev–Trinajstić information content (AvgIpc) is 3.24. The molecular weight excluding hydrogens is 428 g/mol. The highest BCUT2D eigenvalue weighted by Crippen LogP contribution is 2.21. The Bertz CT molecular complexity index is 927. The number of carbonyl (C=O) groups is 2. The molecule has 4 rings (SSSR count). The summed E-state index contributed by atoms with van der Waals surface area (Å²) in [6.07, 6.45) is 1.23. The molecule has 2 aliphatic rings. The van der Waals surface area contributed by atoms with Crippen molar-refractivity contribution in [3.63, 3.8) is 0 Å². The van der Waals surface area contributed by atoms with E-state index in [2.05, 4.69) is 45.4 Å². The fourth-order valence-corrected chi connectivity index (χ4v) is 4.72. The van der Waals surface area contributed by atoms with Gasteiger partial charge in [0.2, 0.25) is 11.8 Å². The summed E-state index contributed by atoms with van der Waals surface area (Å²) in [5.74, 6) is 0.581. The molecule has 1 N–H and O–H groups in total. The molecule has 2 heterocycles. The maximum Gasteiger partial charge on any atom is 0.225 e. The number of hydrogen-bond acceptors (Lipinski definition) is 5. The van der Waals surface area contributed by atoms with Crippen molar-refractivity contribution < 1.29 is 14.3 Å². The molecule has 0 spiro atoms. The van der Waals surface area contributed by atoms with Crippen LogP contribution in [0.15, 0.2) is 54.6 Å². The molecule has 1 atom stereocenters. The summed E-state index contributed by atoms with van der Waals surface area (Å²) in [7, 11) is 1.63. The second kappa shape index (κ2) is 12.0. The Balaban J connectivity index is 1.11. The number of rotatable bonds is 10. The number of likely N-dealkylation sites (tertiary alicyclic amines) is 1. The van der Waals surface area contributed by atoms with Gasteiger partial charge in [-0.25, -0.2) is 0 Å². The van der Waals surface area contributed by atoms with Crippen molar-refractivity contribution in [3.8, 4) is 5.75 Å². The van der Waals surface area contributed by atoms with E-state index in [1.807, 2.05) is 24.3 Å². The molecule has 34 heavy (non-hydrogen) atoms. The number of amides is 2. The van der Waals surface area contributed by atoms with Crippen LogP contribution in [0.4, 0.5) is 0 Å². The van der Waals surface area contributed by atoms with Crippen molar-refractivity contribution in [2.45, 2.75) is 25.9 Å². The lowest BCUT2D eigenvalue weighted by atomic mass is 10.1. The van der Waals surface area contributed by atoms with Gasteiger partial charge in [-0.2, -0.15) is 0 Å². The van der Waals surface area contributed by atoms with Crippen LogP contribution in [0, 0.1) is 5.92 Å². The molecule has 2 aliphatic heterocycles. The van der Waals surface area contributed by atoms with Crippen molar-refractivity contribution in [1.29, 1.82) is 0 Å². The number of methoxy groups -OCH3 is 1. The molecule has 0 saturated carbocycles. The van der Waals surface area contributed by atoms with E-state index >= 15 is 0 Å². The van der Waals surface area contributed by atoms with Gasteiger partial charge in [0.25, 0.3) is 0 Å². The Kier molecular flexibility index (Phi) is 8.55. The normalized spacial score (nSPS) is 19.4. The van der Waals surface area contributed by atoms with Crippen LogP contribution in [-0.2, 0) is 22.7 Å². The van der Waals surface area contributed by atoms with Crippen molar-refractivity contribution in [3.05, 3.63) is 65.7 Å². The number of benzene rings is 2. The van der Waals surface area contributed by atoms with E-state index in [1.165, 1.54) is 5.56 Å². The minimum Gasteiger partial charge on any atom is -0.497 e. The van der Waals surface area contributed by atoms with Crippen molar-refractivity contribution in [1.82, 2.24) is 20.0 Å². The third kappa shape index (κ3) is 6.81. The van der Waals surface area contributed by atoms with Crippen LogP contribution in [0.1, 0.15) is 24.0 Å². The lowest BCUT2D eigenvalue weighted by Crippen LogP contribution is -2.46. The number of ether oxygens (including phenoxy) is 1. The highest BCUT2D eigenvalue weighted by Gasteiger charge is 2.34. The first-order valence-electron chi connectivity index (χ1n) is 12.3. The Morgan fingerprint density at radius 3 is 2.32 bits per heavy atom. The smallest absolute Gasteiger partial charge is 0.225 e. The van der Waals surface area contributed by atoms with Crippen molar-refractivity contribution >= 4 is 11.8 Å². The number of nitrogens with zero attached hydrogens (tertiary/aromatic N) is 3. The van der Waals surface area contributed by atoms with Crippen LogP contribution in [0.3, 0.4) is 0 Å². The number of nitrogens with one attached hydrogen (secondary N) is 1. The van der Waals surface area contributed by atoms with Gasteiger partial charge in [0, 0.05) is 58.8 Å². The SMILES string of the molecule is COc1ccc(CN2C[C@@H](C(=O)NCCCN3CCN(Cc4ccccc4)CC3)CC2=O)cc1. The first-order valence-corrected chi connectivity index (χ1v) is 12.3. The maximum absolute atomic E-state index is 12.6. The second-order valence-corrected chi connectivity index (χ2v) is 9.27. The molecule has 0 unspecified atom stereocenters. The van der Waals surface area contributed by atoms with Gasteiger partial charge >= 0.3 is 0 Å². The molecule has 2 aromatic carbocycles. The van der Waals surface area contributed by atoms with Crippen molar-refractivity contribution in [2.75, 3.05) is 52.9 Å². The minimum absolute atomic E-state index is 0.00161. The summed E-state index contributed by atoms with van der Waals surface area (Å²) in [6, 6.07) is 18.3. The first-order chi connectivity index (χ1) is 16.6. The molecule has 182 valence electrons. The topological polar surface area (TPSA) is 65.1 Å². The summed E-state index contributed by atoms with van der Waals surface area (Å²) in [4.78, 5) is 31.8. The van der Waals surface area contributed by atoms with Gasteiger partial charge < -0.3 is 19.9 Å². The summed E-state index contributed by atoms with van der Waals surface area (Å²) >= 11 is 0. The summed E-state index contributed by atoms with van der Waals surface area (Å²) in [5, 5.41) is 3.05. The molecule has 2 amide bonds. The highest BCUT2D eigenvalue weighted by atomic mass is 16.5. The van der Waals surface area contributed by atoms with Gasteiger partial charge in [-0.05, 0) is 36.2 Å². The van der Waals surface area contributed by atoms with Gasteiger partial charge in [-0.15, -0.1) is 0 Å². The van der Waals surface area contributed by atoms with E-state index < -0.39 is 0 Å². The maximum atomic E-state index is 12.6. The van der Waals surface area contributed by atoms with Crippen LogP contribution in [-0.4, -0.2) is 79.4 Å². The fraction of sp³-hybridized carbons (Fsp3) is 0.481. The van der Waals surface area contributed by atoms with Crippen LogP contribution < -0.4 is 10.1 Å². The van der Waals surface area contributed by atoms with Gasteiger partial charge in [0.1, 0.15) is 5.75 Å². The van der Waals surface area contributed by atoms with Gasteiger partial charge in [-0.3, -0.25) is 14.5 Å². The van der Waals surface area contributed by atoms with Gasteiger partial charge in [0.05, 0.1) is 13.0 Å². The van der Waals surface area contributed by atoms with E-state index in [4.69, 9.17) is 4.74 Å². The van der Waals surface area contributed by atoms with Gasteiger partial charge in [-0.1, -0.05) is 42.5 Å². The van der Waals surface area contributed by atoms with Gasteiger partial charge in [0.15, 0.2) is 0 Å². The Hall–Kier alpha value is -2.90. The monoisotopic (exact) mass is 464 g/mol. The second-order valence-electron chi connectivity index (χ2n) is 9.27. The predicted octanol–water partition coefficient (Wildman–Crippen LogP) is 2.37. The molecule has 2 fully saturated rings. The number of hydrogen-bond donors (Lipinski definition) is 1. The molecule has 7 heteroatoms. The Labute approximate surface area is 202 Å². The standard InChI is InChI=1S/C27H36N4O3/c1-34-25-10-8-23(9-11-25)20-31-21-24(18-26(31)32)27(33)28-12-5-13-29-14-16-30(17-15-29)19-22-6-3-2-4-7-22/h2-4,6-11,24H,5,12-21H2,1H3,(H,28,33)/t24-/m0/s1. The minimum atomic E-state index is -0.257. The lowest BCUT2D eigenvalue weighted by molar-refractivity contribution is -0.129. The van der Waals surface area contributed by atoms with E-state index in [0.717, 1.165) is 57.0 Å². The predicted molar refractivity (Wildman–Crippen MR) is 132 cm³/mol. The summed E-state index contributed by atoms with van der Waals surface area (Å²) in [6.45, 7) is 7.98. The zero-order valence-electron chi connectivity index (χ0n) is 20.1. The van der Waals surface area contributed by atoms with E-state index in [0.29, 0.717) is 26.1 Å². The first kappa shape index (κ1) is 24.2. The van der Waals surface area contributed by atoms with Crippen LogP contribution in [0.2, 0.25) is 0 Å². The zero-order chi connectivity index (χ0) is 23.8. The van der Waals surface area contributed by atoms with Crippen LogP contribution >= 0.6 is 0 Å². The summed E-state index contributed by atoms with van der Waals surface area (Å²) < 4.78 is 5.18. The zero-order valence-corrected chi connectivity index (χ0v) is 20.1. The quantitative estimate of drug-likeness (QED) is 0.547. The molecule has 2 saturated heterocycles. The van der Waals surface area contributed by atoms with E-state index in [9.17, 15) is 9.59 Å². The van der Waals surface area contributed by atoms with E-state index in [-0.39, 0.29) is 17.7 Å². The van der Waals surface area contributed by atoms with Crippen LogP contribution in [0.5, 0.6) is 5.75 Å². The molecule has 0 aromatic heterocycles. The third-order valence-corrected chi connectivity index (χ3v) is 6.78. The third-order valence-electron chi connectivity index (χ3n) is 6.78. The molecule has 0 bridgehead atoms.